The van der Waals surface area contributed by atoms with E-state index < -0.39 is 0 Å². The van der Waals surface area contributed by atoms with E-state index in [1.54, 1.807) is 4.57 Å². The molecule has 0 aliphatic heterocycles. The van der Waals surface area contributed by atoms with Gasteiger partial charge in [0.1, 0.15) is 0 Å². The van der Waals surface area contributed by atoms with Crippen molar-refractivity contribution in [3.05, 3.63) is 34.6 Å². The van der Waals surface area contributed by atoms with Gasteiger partial charge in [-0.25, -0.2) is 4.98 Å². The topological polar surface area (TPSA) is 64.0 Å². The fraction of sp³-hybridized carbons (Fsp3) is 0.591. The van der Waals surface area contributed by atoms with E-state index >= 15 is 0 Å². The number of hydrogen-bond acceptors (Lipinski definition) is 4. The molecule has 1 heterocycles. The zero-order valence-electron chi connectivity index (χ0n) is 17.1. The number of carbonyl (C=O) groups excluding carboxylic acids is 1. The summed E-state index contributed by atoms with van der Waals surface area (Å²) in [5.74, 6) is 1.34. The zero-order chi connectivity index (χ0) is 20.1. The Balaban J connectivity index is 1.76. The maximum Gasteiger partial charge on any atom is 0.262 e. The molecule has 2 aromatic rings. The predicted molar refractivity (Wildman–Crippen MR) is 116 cm³/mol. The third-order valence-electron chi connectivity index (χ3n) is 5.55. The van der Waals surface area contributed by atoms with E-state index in [4.69, 9.17) is 4.98 Å². The Hall–Kier alpha value is -1.82. The molecule has 0 radical (unpaired) electrons. The van der Waals surface area contributed by atoms with E-state index in [-0.39, 0.29) is 23.3 Å². The molecule has 5 nitrogen and oxygen atoms in total. The second-order valence-electron chi connectivity index (χ2n) is 8.28. The summed E-state index contributed by atoms with van der Waals surface area (Å²) in [6.45, 7) is 7.12. The van der Waals surface area contributed by atoms with Gasteiger partial charge in [0.05, 0.1) is 16.7 Å². The lowest BCUT2D eigenvalue weighted by atomic mass is 9.86. The van der Waals surface area contributed by atoms with Gasteiger partial charge in [0.15, 0.2) is 5.16 Å². The first-order valence-corrected chi connectivity index (χ1v) is 11.4. The van der Waals surface area contributed by atoms with Crippen LogP contribution < -0.4 is 10.9 Å². The second kappa shape index (κ2) is 9.59. The number of para-hydroxylation sites is 1. The number of nitrogens with zero attached hydrogens (tertiary/aromatic N) is 2. The summed E-state index contributed by atoms with van der Waals surface area (Å²) in [6.07, 6.45) is 5.58. The molecule has 28 heavy (non-hydrogen) atoms. The van der Waals surface area contributed by atoms with Crippen molar-refractivity contribution < 1.29 is 4.79 Å². The number of fused-ring (bicyclic) bond motifs is 1. The van der Waals surface area contributed by atoms with Crippen LogP contribution in [0, 0.1) is 11.8 Å². The van der Waals surface area contributed by atoms with Gasteiger partial charge in [-0.05, 0) is 43.2 Å². The molecule has 1 aliphatic carbocycles. The Bertz CT molecular complexity index is 878. The maximum atomic E-state index is 13.0. The standard InChI is InChI=1S/C22H31N3O2S/c1-15(2)12-13-25-21(27)17-9-5-7-11-19(17)24-22(25)28-14-20(26)23-18-10-6-4-8-16(18)3/h5,7,9,11,15-16,18H,4,6,8,10,12-14H2,1-3H3,(H,23,26)/t16-,18-/m0/s1. The van der Waals surface area contributed by atoms with E-state index in [1.165, 1.54) is 31.0 Å². The molecule has 1 amide bonds. The van der Waals surface area contributed by atoms with Crippen molar-refractivity contribution in [3.8, 4) is 0 Å². The number of aromatic nitrogens is 2. The minimum Gasteiger partial charge on any atom is -0.352 e. The minimum absolute atomic E-state index is 0.0185. The van der Waals surface area contributed by atoms with E-state index in [0.29, 0.717) is 34.4 Å². The van der Waals surface area contributed by atoms with Crippen molar-refractivity contribution in [1.82, 2.24) is 14.9 Å². The summed E-state index contributed by atoms with van der Waals surface area (Å²) in [7, 11) is 0. The van der Waals surface area contributed by atoms with Crippen LogP contribution in [0.25, 0.3) is 10.9 Å². The SMILES string of the molecule is CC(C)CCn1c(SCC(=O)N[C@H]2CCCC[C@@H]2C)nc2ccccc2c1=O. The second-order valence-corrected chi connectivity index (χ2v) is 9.22. The van der Waals surface area contributed by atoms with E-state index in [2.05, 4.69) is 26.1 Å². The first-order chi connectivity index (χ1) is 13.5. The molecular formula is C22H31N3O2S. The minimum atomic E-state index is -0.0185. The van der Waals surface area contributed by atoms with Crippen LogP contribution in [-0.2, 0) is 11.3 Å². The van der Waals surface area contributed by atoms with Crippen LogP contribution in [0.4, 0.5) is 0 Å². The van der Waals surface area contributed by atoms with Gasteiger partial charge < -0.3 is 5.32 Å². The van der Waals surface area contributed by atoms with Crippen molar-refractivity contribution in [2.75, 3.05) is 5.75 Å². The quantitative estimate of drug-likeness (QED) is 0.557. The molecule has 3 rings (SSSR count). The monoisotopic (exact) mass is 401 g/mol. The molecule has 1 N–H and O–H groups in total. The lowest BCUT2D eigenvalue weighted by Crippen LogP contribution is -2.42. The summed E-state index contributed by atoms with van der Waals surface area (Å²) in [5.41, 5.74) is 0.673. The highest BCUT2D eigenvalue weighted by Crippen LogP contribution is 2.24. The fourth-order valence-electron chi connectivity index (χ4n) is 3.75. The van der Waals surface area contributed by atoms with Crippen LogP contribution in [0.2, 0.25) is 0 Å². The number of amides is 1. The van der Waals surface area contributed by atoms with E-state index in [0.717, 1.165) is 12.8 Å². The van der Waals surface area contributed by atoms with Gasteiger partial charge >= 0.3 is 0 Å². The Kier molecular flexibility index (Phi) is 7.16. The van der Waals surface area contributed by atoms with E-state index in [9.17, 15) is 9.59 Å². The Morgan fingerprint density at radius 1 is 1.29 bits per heavy atom. The van der Waals surface area contributed by atoms with Gasteiger partial charge in [-0.3, -0.25) is 14.2 Å². The normalized spacial score (nSPS) is 19.9. The first kappa shape index (κ1) is 20.9. The average molecular weight is 402 g/mol. The molecular weight excluding hydrogens is 370 g/mol. The fourth-order valence-corrected chi connectivity index (χ4v) is 4.59. The molecule has 1 aromatic carbocycles. The molecule has 152 valence electrons. The summed E-state index contributed by atoms with van der Waals surface area (Å²) in [5, 5.41) is 4.46. The summed E-state index contributed by atoms with van der Waals surface area (Å²) in [4.78, 5) is 30.2. The van der Waals surface area contributed by atoms with Crippen molar-refractivity contribution >= 4 is 28.6 Å². The average Bonchev–Trinajstić information content (AvgIpc) is 2.67. The number of rotatable bonds is 7. The van der Waals surface area contributed by atoms with Crippen LogP contribution in [-0.4, -0.2) is 27.3 Å². The lowest BCUT2D eigenvalue weighted by Gasteiger charge is -2.29. The largest absolute Gasteiger partial charge is 0.352 e. The van der Waals surface area contributed by atoms with Crippen molar-refractivity contribution in [1.29, 1.82) is 0 Å². The van der Waals surface area contributed by atoms with Crippen molar-refractivity contribution in [2.24, 2.45) is 11.8 Å². The molecule has 1 aromatic heterocycles. The van der Waals surface area contributed by atoms with Gasteiger partial charge in [0.25, 0.3) is 5.56 Å². The van der Waals surface area contributed by atoms with Gasteiger partial charge in [-0.1, -0.05) is 57.5 Å². The molecule has 1 aliphatic rings. The third-order valence-corrected chi connectivity index (χ3v) is 6.52. The molecule has 2 atom stereocenters. The first-order valence-electron chi connectivity index (χ1n) is 10.4. The number of carbonyl (C=O) groups is 1. The highest BCUT2D eigenvalue weighted by atomic mass is 32.2. The van der Waals surface area contributed by atoms with Crippen molar-refractivity contribution in [3.63, 3.8) is 0 Å². The number of thioether (sulfide) groups is 1. The zero-order valence-corrected chi connectivity index (χ0v) is 17.9. The molecule has 0 saturated heterocycles. The Morgan fingerprint density at radius 2 is 2.04 bits per heavy atom. The Morgan fingerprint density at radius 3 is 2.79 bits per heavy atom. The van der Waals surface area contributed by atoms with Gasteiger partial charge in [0, 0.05) is 12.6 Å². The lowest BCUT2D eigenvalue weighted by molar-refractivity contribution is -0.119. The van der Waals surface area contributed by atoms with Crippen molar-refractivity contribution in [2.45, 2.75) is 70.6 Å². The molecule has 0 bridgehead atoms. The molecule has 6 heteroatoms. The highest BCUT2D eigenvalue weighted by Gasteiger charge is 2.23. The highest BCUT2D eigenvalue weighted by molar-refractivity contribution is 7.99. The van der Waals surface area contributed by atoms with Crippen LogP contribution in [0.3, 0.4) is 0 Å². The van der Waals surface area contributed by atoms with Gasteiger partial charge in [-0.2, -0.15) is 0 Å². The maximum absolute atomic E-state index is 13.0. The Labute approximate surface area is 171 Å². The molecule has 1 fully saturated rings. The van der Waals surface area contributed by atoms with Crippen LogP contribution in [0.15, 0.2) is 34.2 Å². The van der Waals surface area contributed by atoms with Gasteiger partial charge in [0.2, 0.25) is 5.91 Å². The number of hydrogen-bond donors (Lipinski definition) is 1. The molecule has 0 spiro atoms. The van der Waals surface area contributed by atoms with Crippen LogP contribution in [0.5, 0.6) is 0 Å². The predicted octanol–water partition coefficient (Wildman–Crippen LogP) is 4.23. The molecule has 0 unspecified atom stereocenters. The van der Waals surface area contributed by atoms with Gasteiger partial charge in [-0.15, -0.1) is 0 Å². The van der Waals surface area contributed by atoms with E-state index in [1.807, 2.05) is 24.3 Å². The molecule has 1 saturated carbocycles. The van der Waals surface area contributed by atoms with Crippen LogP contribution in [0.1, 0.15) is 52.9 Å². The summed E-state index contributed by atoms with van der Waals surface area (Å²) in [6, 6.07) is 7.71. The smallest absolute Gasteiger partial charge is 0.262 e. The summed E-state index contributed by atoms with van der Waals surface area (Å²) >= 11 is 1.37. The number of benzene rings is 1. The number of nitrogens with one attached hydrogen (secondary N) is 1. The van der Waals surface area contributed by atoms with Crippen LogP contribution >= 0.6 is 11.8 Å². The summed E-state index contributed by atoms with van der Waals surface area (Å²) < 4.78 is 1.74. The third kappa shape index (κ3) is 5.16.